The minimum atomic E-state index is -0.728. The number of pyridine rings is 1. The summed E-state index contributed by atoms with van der Waals surface area (Å²) >= 11 is 6.09. The molecule has 1 fully saturated rings. The number of anilines is 1. The molecule has 1 aliphatic heterocycles. The van der Waals surface area contributed by atoms with Gasteiger partial charge in [0, 0.05) is 41.9 Å². The predicted octanol–water partition coefficient (Wildman–Crippen LogP) is 5.84. The fourth-order valence-electron chi connectivity index (χ4n) is 4.59. The molecule has 1 saturated heterocycles. The normalized spacial score (nSPS) is 16.1. The van der Waals surface area contributed by atoms with Crippen LogP contribution in [0.1, 0.15) is 52.4 Å². The summed E-state index contributed by atoms with van der Waals surface area (Å²) in [4.78, 5) is 22.4. The first kappa shape index (κ1) is 26.1. The molecule has 1 aliphatic rings. The van der Waals surface area contributed by atoms with Crippen molar-refractivity contribution in [1.82, 2.24) is 20.2 Å². The van der Waals surface area contributed by atoms with Gasteiger partial charge in [0.25, 0.3) is 0 Å². The van der Waals surface area contributed by atoms with E-state index in [1.54, 1.807) is 0 Å². The molecule has 0 spiro atoms. The molecule has 2 atom stereocenters. The van der Waals surface area contributed by atoms with E-state index < -0.39 is 5.97 Å². The summed E-state index contributed by atoms with van der Waals surface area (Å²) in [6, 6.07) is 11.5. The number of nitrogens with one attached hydrogen (secondary N) is 1. The van der Waals surface area contributed by atoms with Crippen molar-refractivity contribution in [2.24, 2.45) is 5.92 Å². The molecule has 0 radical (unpaired) electrons. The molecule has 1 aromatic carbocycles. The Morgan fingerprint density at radius 3 is 2.69 bits per heavy atom. The van der Waals surface area contributed by atoms with Crippen molar-refractivity contribution < 1.29 is 14.6 Å². The molecule has 8 nitrogen and oxygen atoms in total. The molecule has 192 valence electrons. The second-order valence-corrected chi connectivity index (χ2v) is 9.99. The van der Waals surface area contributed by atoms with Gasteiger partial charge in [-0.15, -0.1) is 0 Å². The van der Waals surface area contributed by atoms with Gasteiger partial charge in [-0.05, 0) is 62.3 Å². The highest BCUT2D eigenvalue weighted by atomic mass is 35.5. The second-order valence-electron chi connectivity index (χ2n) is 9.56. The monoisotopic (exact) mass is 511 g/mol. The van der Waals surface area contributed by atoms with Gasteiger partial charge >= 0.3 is 5.97 Å². The quantitative estimate of drug-likeness (QED) is 0.333. The average Bonchev–Trinajstić information content (AvgIpc) is 3.37. The zero-order valence-electron chi connectivity index (χ0n) is 20.9. The van der Waals surface area contributed by atoms with Crippen LogP contribution in [0.15, 0.2) is 42.6 Å². The number of aromatic amines is 1. The number of halogens is 1. The van der Waals surface area contributed by atoms with Crippen LogP contribution in [0.3, 0.4) is 0 Å². The zero-order chi connectivity index (χ0) is 25.5. The molecule has 36 heavy (non-hydrogen) atoms. The van der Waals surface area contributed by atoms with E-state index in [1.807, 2.05) is 49.5 Å². The van der Waals surface area contributed by atoms with Gasteiger partial charge in [-0.3, -0.25) is 9.89 Å². The average molecular weight is 512 g/mol. The molecular weight excluding hydrogens is 478 g/mol. The smallest absolute Gasteiger partial charge is 0.303 e. The number of H-pyrrole nitrogens is 1. The lowest BCUT2D eigenvalue weighted by Gasteiger charge is -2.34. The van der Waals surface area contributed by atoms with Gasteiger partial charge in [0.15, 0.2) is 11.6 Å². The SMILES string of the molecule is CCC(CCC(C)CC(=O)O)OC1CCN(c2ccc(-c3n[nH]c(-c4cccc(Cl)c4)n3)cn2)CC1. The summed E-state index contributed by atoms with van der Waals surface area (Å²) in [5.74, 6) is 1.65. The molecular formula is C27H34ClN5O3. The van der Waals surface area contributed by atoms with E-state index in [-0.39, 0.29) is 24.5 Å². The largest absolute Gasteiger partial charge is 0.481 e. The van der Waals surface area contributed by atoms with E-state index in [0.29, 0.717) is 16.7 Å². The van der Waals surface area contributed by atoms with E-state index in [2.05, 4.69) is 32.0 Å². The number of hydrogen-bond donors (Lipinski definition) is 2. The molecule has 4 rings (SSSR count). The summed E-state index contributed by atoms with van der Waals surface area (Å²) in [6.07, 6.45) is 7.10. The number of ether oxygens (including phenoxy) is 1. The molecule has 9 heteroatoms. The number of carboxylic acid groups (broad SMARTS) is 1. The lowest BCUT2D eigenvalue weighted by atomic mass is 9.98. The summed E-state index contributed by atoms with van der Waals surface area (Å²) < 4.78 is 6.38. The van der Waals surface area contributed by atoms with Crippen LogP contribution in [0.2, 0.25) is 5.02 Å². The summed E-state index contributed by atoms with van der Waals surface area (Å²) in [7, 11) is 0. The Hall–Kier alpha value is -2.97. The molecule has 2 aromatic heterocycles. The standard InChI is InChI=1S/C27H34ClN5O3/c1-3-22(9-7-18(2)15-25(34)35)36-23-11-13-33(14-12-23)24-10-8-20(17-29-24)27-30-26(31-32-27)19-5-4-6-21(28)16-19/h4-6,8,10,16-18,22-23H,3,7,9,11-15H2,1-2H3,(H,34,35)(H,30,31,32). The Morgan fingerprint density at radius 2 is 2.03 bits per heavy atom. The van der Waals surface area contributed by atoms with Crippen LogP contribution in [0.5, 0.6) is 0 Å². The number of benzene rings is 1. The molecule has 3 heterocycles. The van der Waals surface area contributed by atoms with Crippen molar-refractivity contribution in [2.75, 3.05) is 18.0 Å². The fourth-order valence-corrected chi connectivity index (χ4v) is 4.78. The van der Waals surface area contributed by atoms with Gasteiger partial charge in [-0.2, -0.15) is 5.10 Å². The predicted molar refractivity (Wildman–Crippen MR) is 141 cm³/mol. The van der Waals surface area contributed by atoms with Crippen molar-refractivity contribution in [2.45, 2.75) is 64.6 Å². The number of aliphatic carboxylic acids is 1. The van der Waals surface area contributed by atoms with E-state index in [9.17, 15) is 4.79 Å². The Morgan fingerprint density at radius 1 is 1.22 bits per heavy atom. The highest BCUT2D eigenvalue weighted by molar-refractivity contribution is 6.30. The van der Waals surface area contributed by atoms with Crippen LogP contribution < -0.4 is 4.90 Å². The number of nitrogens with zero attached hydrogens (tertiary/aromatic N) is 4. The number of hydrogen-bond acceptors (Lipinski definition) is 6. The van der Waals surface area contributed by atoms with Gasteiger partial charge in [0.1, 0.15) is 5.82 Å². The Balaban J connectivity index is 1.27. The Bertz CT molecular complexity index is 1130. The maximum atomic E-state index is 10.9. The number of carboxylic acids is 1. The first-order valence-corrected chi connectivity index (χ1v) is 13.1. The second kappa shape index (κ2) is 12.3. The third-order valence-corrected chi connectivity index (χ3v) is 6.94. The van der Waals surface area contributed by atoms with Crippen LogP contribution in [-0.4, -0.2) is 56.5 Å². The number of piperidine rings is 1. The van der Waals surface area contributed by atoms with Gasteiger partial charge in [0.2, 0.25) is 0 Å². The fraction of sp³-hybridized carbons (Fsp3) is 0.481. The lowest BCUT2D eigenvalue weighted by molar-refractivity contribution is -0.138. The van der Waals surface area contributed by atoms with Crippen molar-refractivity contribution in [3.63, 3.8) is 0 Å². The zero-order valence-corrected chi connectivity index (χ0v) is 21.6. The summed E-state index contributed by atoms with van der Waals surface area (Å²) in [5.41, 5.74) is 1.74. The Kier molecular flexibility index (Phi) is 8.93. The minimum absolute atomic E-state index is 0.177. The molecule has 2 unspecified atom stereocenters. The third-order valence-electron chi connectivity index (χ3n) is 6.70. The van der Waals surface area contributed by atoms with Crippen LogP contribution in [-0.2, 0) is 9.53 Å². The van der Waals surface area contributed by atoms with Gasteiger partial charge in [-0.1, -0.05) is 37.6 Å². The number of carbonyl (C=O) groups is 1. The molecule has 0 saturated carbocycles. The van der Waals surface area contributed by atoms with Crippen LogP contribution in [0.25, 0.3) is 22.8 Å². The van der Waals surface area contributed by atoms with Crippen LogP contribution in [0, 0.1) is 5.92 Å². The van der Waals surface area contributed by atoms with Crippen molar-refractivity contribution in [3.8, 4) is 22.8 Å². The molecule has 3 aromatic rings. The Labute approximate surface area is 217 Å². The topological polar surface area (TPSA) is 104 Å². The van der Waals surface area contributed by atoms with Crippen molar-refractivity contribution >= 4 is 23.4 Å². The highest BCUT2D eigenvalue weighted by Crippen LogP contribution is 2.26. The third kappa shape index (κ3) is 7.04. The van der Waals surface area contributed by atoms with Crippen molar-refractivity contribution in [3.05, 3.63) is 47.6 Å². The van der Waals surface area contributed by atoms with E-state index in [4.69, 9.17) is 21.4 Å². The summed E-state index contributed by atoms with van der Waals surface area (Å²) in [6.45, 7) is 5.92. The maximum absolute atomic E-state index is 10.9. The lowest BCUT2D eigenvalue weighted by Crippen LogP contribution is -2.39. The van der Waals surface area contributed by atoms with E-state index in [1.165, 1.54) is 0 Å². The van der Waals surface area contributed by atoms with E-state index in [0.717, 1.165) is 62.1 Å². The number of rotatable bonds is 11. The van der Waals surface area contributed by atoms with Gasteiger partial charge < -0.3 is 14.7 Å². The van der Waals surface area contributed by atoms with Gasteiger partial charge in [-0.25, -0.2) is 9.97 Å². The molecule has 2 N–H and O–H groups in total. The molecule has 0 aliphatic carbocycles. The maximum Gasteiger partial charge on any atom is 0.303 e. The minimum Gasteiger partial charge on any atom is -0.481 e. The first-order valence-electron chi connectivity index (χ1n) is 12.7. The van der Waals surface area contributed by atoms with E-state index >= 15 is 0 Å². The van der Waals surface area contributed by atoms with Crippen LogP contribution >= 0.6 is 11.6 Å². The van der Waals surface area contributed by atoms with Crippen molar-refractivity contribution in [1.29, 1.82) is 0 Å². The molecule has 0 bridgehead atoms. The highest BCUT2D eigenvalue weighted by Gasteiger charge is 2.24. The van der Waals surface area contributed by atoms with Gasteiger partial charge in [0.05, 0.1) is 12.2 Å². The van der Waals surface area contributed by atoms with Crippen LogP contribution in [0.4, 0.5) is 5.82 Å². The molecule has 0 amide bonds. The first-order chi connectivity index (χ1) is 17.4. The number of aromatic nitrogens is 4. The summed E-state index contributed by atoms with van der Waals surface area (Å²) in [5, 5.41) is 16.9.